The summed E-state index contributed by atoms with van der Waals surface area (Å²) in [4.78, 5) is 0. The predicted octanol–water partition coefficient (Wildman–Crippen LogP) is 1.73. The van der Waals surface area contributed by atoms with Crippen molar-refractivity contribution in [2.75, 3.05) is 19.0 Å². The van der Waals surface area contributed by atoms with Crippen molar-refractivity contribution in [3.05, 3.63) is 30.3 Å². The predicted molar refractivity (Wildman–Crippen MR) is 48.7 cm³/mol. The van der Waals surface area contributed by atoms with Crippen LogP contribution in [0.25, 0.3) is 0 Å². The maximum Gasteiger partial charge on any atom is 0.0340 e. The highest BCUT2D eigenvalue weighted by molar-refractivity contribution is 5.41. The largest absolute Gasteiger partial charge is 0.400 e. The van der Waals surface area contributed by atoms with Crippen LogP contribution >= 0.6 is 0 Å². The maximum absolute atomic E-state index is 7.00. The summed E-state index contributed by atoms with van der Waals surface area (Å²) in [5, 5.41) is 10.2. The Morgan fingerprint density at radius 1 is 1.18 bits per heavy atom. The third-order valence-electron chi connectivity index (χ3n) is 1.15. The number of hydrogen-bond acceptors (Lipinski definition) is 2. The molecule has 0 atom stereocenters. The fraction of sp³-hybridized carbons (Fsp3) is 0.333. The average molecular weight is 153 g/mol. The molecule has 2 N–H and O–H groups in total. The summed E-state index contributed by atoms with van der Waals surface area (Å²) in [5.74, 6) is 0. The molecule has 11 heavy (non-hydrogen) atoms. The number of rotatable bonds is 2. The van der Waals surface area contributed by atoms with Gasteiger partial charge in [0, 0.05) is 19.3 Å². The first-order valence-corrected chi connectivity index (χ1v) is 3.67. The van der Waals surface area contributed by atoms with Gasteiger partial charge in [0.05, 0.1) is 0 Å². The summed E-state index contributed by atoms with van der Waals surface area (Å²) in [6, 6.07) is 10.2. The van der Waals surface area contributed by atoms with Gasteiger partial charge in [0.1, 0.15) is 0 Å². The van der Waals surface area contributed by atoms with E-state index in [1.165, 1.54) is 5.69 Å². The minimum atomic E-state index is 0.990. The topological polar surface area (TPSA) is 32.3 Å². The van der Waals surface area contributed by atoms with Crippen molar-refractivity contribution in [3.8, 4) is 0 Å². The normalized spacial score (nSPS) is 7.91. The van der Waals surface area contributed by atoms with Crippen LogP contribution in [0.5, 0.6) is 0 Å². The summed E-state index contributed by atoms with van der Waals surface area (Å²) in [7, 11) is 1.00. The maximum atomic E-state index is 7.00. The third kappa shape index (κ3) is 4.39. The molecule has 2 heteroatoms. The Labute approximate surface area is 67.9 Å². The van der Waals surface area contributed by atoms with Crippen LogP contribution in [0, 0.1) is 0 Å². The smallest absolute Gasteiger partial charge is 0.0340 e. The fourth-order valence-corrected chi connectivity index (χ4v) is 0.760. The Kier molecular flexibility index (Phi) is 6.43. The van der Waals surface area contributed by atoms with Crippen LogP contribution in [0.15, 0.2) is 30.3 Å². The van der Waals surface area contributed by atoms with Crippen LogP contribution in [-0.4, -0.2) is 18.8 Å². The monoisotopic (exact) mass is 153 g/mol. The summed E-state index contributed by atoms with van der Waals surface area (Å²) < 4.78 is 0. The average Bonchev–Trinajstić information content (AvgIpc) is 2.11. The van der Waals surface area contributed by atoms with E-state index in [1.807, 2.05) is 18.2 Å². The number of hydrogen-bond donors (Lipinski definition) is 2. The molecule has 2 nitrogen and oxygen atoms in total. The third-order valence-corrected chi connectivity index (χ3v) is 1.15. The number of nitrogens with one attached hydrogen (secondary N) is 1. The number of benzene rings is 1. The molecule has 0 heterocycles. The zero-order valence-corrected chi connectivity index (χ0v) is 7.04. The number of anilines is 1. The van der Waals surface area contributed by atoms with Gasteiger partial charge in [-0.25, -0.2) is 0 Å². The molecule has 0 fully saturated rings. The Hall–Kier alpha value is -1.02. The molecule has 1 rings (SSSR count). The van der Waals surface area contributed by atoms with Crippen LogP contribution in [-0.2, 0) is 0 Å². The van der Waals surface area contributed by atoms with Gasteiger partial charge in [-0.2, -0.15) is 0 Å². The Balaban J connectivity index is 0.000000461. The van der Waals surface area contributed by atoms with Crippen LogP contribution in [0.4, 0.5) is 5.69 Å². The molecule has 1 aromatic rings. The zero-order chi connectivity index (χ0) is 8.53. The lowest BCUT2D eigenvalue weighted by molar-refractivity contribution is 0.399. The second-order valence-corrected chi connectivity index (χ2v) is 1.90. The number of para-hydroxylation sites is 1. The Bertz CT molecular complexity index is 162. The van der Waals surface area contributed by atoms with Crippen molar-refractivity contribution in [3.63, 3.8) is 0 Å². The lowest BCUT2D eigenvalue weighted by atomic mass is 10.3. The molecule has 0 aliphatic rings. The molecule has 0 amide bonds. The fourth-order valence-electron chi connectivity index (χ4n) is 0.760. The van der Waals surface area contributed by atoms with E-state index >= 15 is 0 Å². The van der Waals surface area contributed by atoms with Gasteiger partial charge in [-0.15, -0.1) is 0 Å². The van der Waals surface area contributed by atoms with E-state index in [9.17, 15) is 0 Å². The molecule has 0 saturated heterocycles. The van der Waals surface area contributed by atoms with Gasteiger partial charge < -0.3 is 10.4 Å². The van der Waals surface area contributed by atoms with E-state index in [0.717, 1.165) is 13.7 Å². The summed E-state index contributed by atoms with van der Waals surface area (Å²) in [5.41, 5.74) is 1.19. The molecule has 0 aliphatic carbocycles. The second-order valence-electron chi connectivity index (χ2n) is 1.90. The van der Waals surface area contributed by atoms with E-state index in [4.69, 9.17) is 5.11 Å². The lowest BCUT2D eigenvalue weighted by Crippen LogP contribution is -1.94. The lowest BCUT2D eigenvalue weighted by Gasteiger charge is -1.99. The highest BCUT2D eigenvalue weighted by Gasteiger charge is 1.81. The summed E-state index contributed by atoms with van der Waals surface area (Å²) in [6.45, 7) is 3.08. The first-order chi connectivity index (χ1) is 5.43. The summed E-state index contributed by atoms with van der Waals surface area (Å²) >= 11 is 0. The minimum Gasteiger partial charge on any atom is -0.400 e. The van der Waals surface area contributed by atoms with Crippen LogP contribution in [0.1, 0.15) is 6.92 Å². The van der Waals surface area contributed by atoms with Gasteiger partial charge in [0.15, 0.2) is 0 Å². The highest BCUT2D eigenvalue weighted by Crippen LogP contribution is 2.02. The van der Waals surface area contributed by atoms with Gasteiger partial charge >= 0.3 is 0 Å². The molecule has 0 spiro atoms. The highest BCUT2D eigenvalue weighted by atomic mass is 16.2. The van der Waals surface area contributed by atoms with Gasteiger partial charge in [-0.1, -0.05) is 18.2 Å². The first kappa shape index (κ1) is 9.98. The van der Waals surface area contributed by atoms with Crippen molar-refractivity contribution in [2.24, 2.45) is 0 Å². The SMILES string of the molecule is CCNc1ccccc1.CO. The Morgan fingerprint density at radius 3 is 2.18 bits per heavy atom. The molecule has 0 saturated carbocycles. The number of aliphatic hydroxyl groups is 1. The van der Waals surface area contributed by atoms with E-state index in [-0.39, 0.29) is 0 Å². The molecule has 0 aromatic heterocycles. The van der Waals surface area contributed by atoms with Gasteiger partial charge in [-0.05, 0) is 19.1 Å². The van der Waals surface area contributed by atoms with Crippen molar-refractivity contribution in [2.45, 2.75) is 6.92 Å². The van der Waals surface area contributed by atoms with Gasteiger partial charge in [0.25, 0.3) is 0 Å². The van der Waals surface area contributed by atoms with Gasteiger partial charge in [0.2, 0.25) is 0 Å². The second kappa shape index (κ2) is 7.09. The van der Waals surface area contributed by atoms with Gasteiger partial charge in [-0.3, -0.25) is 0 Å². The molecular weight excluding hydrogens is 138 g/mol. The molecule has 0 bridgehead atoms. The standard InChI is InChI=1S/C8H11N.CH4O/c1-2-9-8-6-4-3-5-7-8;1-2/h3-7,9H,2H2,1H3;2H,1H3. The zero-order valence-electron chi connectivity index (χ0n) is 7.04. The van der Waals surface area contributed by atoms with Crippen molar-refractivity contribution >= 4 is 5.69 Å². The molecule has 0 aliphatic heterocycles. The van der Waals surface area contributed by atoms with Crippen LogP contribution in [0.2, 0.25) is 0 Å². The number of aliphatic hydroxyl groups excluding tert-OH is 1. The molecule has 0 radical (unpaired) electrons. The molecular formula is C9H15NO. The van der Waals surface area contributed by atoms with Crippen molar-refractivity contribution in [1.82, 2.24) is 0 Å². The van der Waals surface area contributed by atoms with Crippen molar-refractivity contribution < 1.29 is 5.11 Å². The quantitative estimate of drug-likeness (QED) is 0.678. The van der Waals surface area contributed by atoms with E-state index < -0.39 is 0 Å². The van der Waals surface area contributed by atoms with E-state index in [1.54, 1.807) is 0 Å². The first-order valence-electron chi connectivity index (χ1n) is 3.67. The molecule has 0 unspecified atom stereocenters. The molecule has 62 valence electrons. The minimum absolute atomic E-state index is 0.990. The van der Waals surface area contributed by atoms with E-state index in [2.05, 4.69) is 24.4 Å². The van der Waals surface area contributed by atoms with Crippen molar-refractivity contribution in [1.29, 1.82) is 0 Å². The van der Waals surface area contributed by atoms with Crippen LogP contribution < -0.4 is 5.32 Å². The Morgan fingerprint density at radius 2 is 1.73 bits per heavy atom. The van der Waals surface area contributed by atoms with E-state index in [0.29, 0.717) is 0 Å². The van der Waals surface area contributed by atoms with Crippen LogP contribution in [0.3, 0.4) is 0 Å². The summed E-state index contributed by atoms with van der Waals surface area (Å²) in [6.07, 6.45) is 0. The molecule has 1 aromatic carbocycles.